The summed E-state index contributed by atoms with van der Waals surface area (Å²) in [6.07, 6.45) is 1.68. The largest absolute Gasteiger partial charge is 0.370 e. The summed E-state index contributed by atoms with van der Waals surface area (Å²) in [7, 11) is 1.85. The van der Waals surface area contributed by atoms with E-state index in [0.29, 0.717) is 24.2 Å². The van der Waals surface area contributed by atoms with Gasteiger partial charge in [0.1, 0.15) is 0 Å². The maximum Gasteiger partial charge on any atom is 0.264 e. The van der Waals surface area contributed by atoms with Crippen molar-refractivity contribution in [2.24, 2.45) is 5.92 Å². The molecule has 1 unspecified atom stereocenters. The zero-order valence-corrected chi connectivity index (χ0v) is 20.0. The summed E-state index contributed by atoms with van der Waals surface area (Å²) in [5.41, 5.74) is 2.78. The molecule has 3 amide bonds. The summed E-state index contributed by atoms with van der Waals surface area (Å²) in [6, 6.07) is 19.3. The second-order valence-electron chi connectivity index (χ2n) is 8.94. The third kappa shape index (κ3) is 4.23. The standard InChI is InChI=1S/C27H27N3O3S/c1-28(16-19-8-3-2-4-9-19)25(31)20-10-6-14-29(17-20)23-13-5-12-22-24(23)27(33)30(26(22)32)18-21-11-7-15-34-21/h2-5,7-9,11-13,15,20H,6,10,14,16-18H2,1H3. The smallest absolute Gasteiger partial charge is 0.264 e. The summed E-state index contributed by atoms with van der Waals surface area (Å²) in [6.45, 7) is 2.16. The molecule has 2 aliphatic rings. The van der Waals surface area contributed by atoms with E-state index in [1.807, 2.05) is 67.0 Å². The molecule has 5 rings (SSSR count). The minimum Gasteiger partial charge on any atom is -0.370 e. The first-order chi connectivity index (χ1) is 16.5. The number of piperidine rings is 1. The molecule has 0 N–H and O–H groups in total. The summed E-state index contributed by atoms with van der Waals surface area (Å²) >= 11 is 1.53. The molecule has 2 aromatic carbocycles. The van der Waals surface area contributed by atoms with Crippen molar-refractivity contribution in [3.05, 3.63) is 87.6 Å². The number of nitrogens with zero attached hydrogens (tertiary/aromatic N) is 3. The lowest BCUT2D eigenvalue weighted by molar-refractivity contribution is -0.135. The van der Waals surface area contributed by atoms with Gasteiger partial charge >= 0.3 is 0 Å². The quantitative estimate of drug-likeness (QED) is 0.498. The highest BCUT2D eigenvalue weighted by Crippen LogP contribution is 2.35. The molecule has 34 heavy (non-hydrogen) atoms. The second kappa shape index (κ2) is 9.43. The van der Waals surface area contributed by atoms with Gasteiger partial charge in [0.15, 0.2) is 0 Å². The number of carbonyl (C=O) groups is 3. The molecule has 7 heteroatoms. The number of carbonyl (C=O) groups excluding carboxylic acids is 3. The van der Waals surface area contributed by atoms with Gasteiger partial charge in [0.2, 0.25) is 5.91 Å². The average molecular weight is 474 g/mol. The first-order valence-corrected chi connectivity index (χ1v) is 12.5. The Balaban J connectivity index is 1.34. The van der Waals surface area contributed by atoms with E-state index in [1.165, 1.54) is 16.2 Å². The highest BCUT2D eigenvalue weighted by molar-refractivity contribution is 7.09. The number of hydrogen-bond donors (Lipinski definition) is 0. The van der Waals surface area contributed by atoms with Gasteiger partial charge in [-0.1, -0.05) is 42.5 Å². The molecule has 3 heterocycles. The van der Waals surface area contributed by atoms with E-state index in [2.05, 4.69) is 4.90 Å². The number of imide groups is 1. The number of fused-ring (bicyclic) bond motifs is 1. The van der Waals surface area contributed by atoms with Gasteiger partial charge in [-0.3, -0.25) is 19.3 Å². The van der Waals surface area contributed by atoms with E-state index >= 15 is 0 Å². The minimum absolute atomic E-state index is 0.114. The summed E-state index contributed by atoms with van der Waals surface area (Å²) in [5.74, 6) is -0.531. The summed E-state index contributed by atoms with van der Waals surface area (Å²) < 4.78 is 0. The molecule has 0 spiro atoms. The van der Waals surface area contributed by atoms with Crippen LogP contribution in [0.3, 0.4) is 0 Å². The first kappa shape index (κ1) is 22.3. The van der Waals surface area contributed by atoms with Crippen molar-refractivity contribution in [2.45, 2.75) is 25.9 Å². The lowest BCUT2D eigenvalue weighted by Gasteiger charge is -2.36. The highest BCUT2D eigenvalue weighted by atomic mass is 32.1. The van der Waals surface area contributed by atoms with Gasteiger partial charge in [-0.05, 0) is 42.0 Å². The number of benzene rings is 2. The molecule has 174 valence electrons. The molecular formula is C27H27N3O3S. The normalized spacial score (nSPS) is 17.7. The van der Waals surface area contributed by atoms with Crippen LogP contribution in [0, 0.1) is 5.92 Å². The van der Waals surface area contributed by atoms with Gasteiger partial charge in [-0.25, -0.2) is 0 Å². The molecule has 1 saturated heterocycles. The Hall–Kier alpha value is -3.45. The lowest BCUT2D eigenvalue weighted by Crippen LogP contribution is -2.44. The molecule has 2 aliphatic heterocycles. The van der Waals surface area contributed by atoms with E-state index in [4.69, 9.17) is 0 Å². The van der Waals surface area contributed by atoms with Crippen molar-refractivity contribution in [2.75, 3.05) is 25.0 Å². The van der Waals surface area contributed by atoms with Gasteiger partial charge in [-0.15, -0.1) is 11.3 Å². The van der Waals surface area contributed by atoms with Crippen LogP contribution in [0.1, 0.15) is 44.0 Å². The third-order valence-electron chi connectivity index (χ3n) is 6.62. The van der Waals surface area contributed by atoms with Crippen LogP contribution in [0.4, 0.5) is 5.69 Å². The predicted octanol–water partition coefficient (Wildman–Crippen LogP) is 4.42. The molecular weight excluding hydrogens is 446 g/mol. The van der Waals surface area contributed by atoms with Crippen molar-refractivity contribution in [1.29, 1.82) is 0 Å². The van der Waals surface area contributed by atoms with E-state index < -0.39 is 0 Å². The number of thiophene rings is 1. The van der Waals surface area contributed by atoms with E-state index in [1.54, 1.807) is 11.0 Å². The van der Waals surface area contributed by atoms with Crippen LogP contribution in [-0.2, 0) is 17.9 Å². The summed E-state index contributed by atoms with van der Waals surface area (Å²) in [5, 5.41) is 1.94. The highest BCUT2D eigenvalue weighted by Gasteiger charge is 2.39. The van der Waals surface area contributed by atoms with Crippen molar-refractivity contribution in [3.8, 4) is 0 Å². The van der Waals surface area contributed by atoms with Crippen LogP contribution in [0.15, 0.2) is 66.0 Å². The SMILES string of the molecule is CN(Cc1ccccc1)C(=O)C1CCCN(c2cccc3c2C(=O)N(Cc2cccs2)C3=O)C1. The predicted molar refractivity (Wildman–Crippen MR) is 133 cm³/mol. The maximum atomic E-state index is 13.3. The Morgan fingerprint density at radius 2 is 1.85 bits per heavy atom. The van der Waals surface area contributed by atoms with E-state index in [9.17, 15) is 14.4 Å². The van der Waals surface area contributed by atoms with Crippen molar-refractivity contribution >= 4 is 34.7 Å². The van der Waals surface area contributed by atoms with E-state index in [-0.39, 0.29) is 30.2 Å². The minimum atomic E-state index is -0.251. The molecule has 1 aromatic heterocycles. The zero-order chi connectivity index (χ0) is 23.7. The van der Waals surface area contributed by atoms with Crippen molar-refractivity contribution < 1.29 is 14.4 Å². The fourth-order valence-electron chi connectivity index (χ4n) is 4.93. The Bertz CT molecular complexity index is 1210. The molecule has 0 aliphatic carbocycles. The van der Waals surface area contributed by atoms with Crippen LogP contribution in [0.5, 0.6) is 0 Å². The van der Waals surface area contributed by atoms with Gasteiger partial charge in [0.05, 0.1) is 29.3 Å². The van der Waals surface area contributed by atoms with Crippen LogP contribution >= 0.6 is 11.3 Å². The van der Waals surface area contributed by atoms with Crippen LogP contribution in [-0.4, -0.2) is 47.7 Å². The first-order valence-electron chi connectivity index (χ1n) is 11.6. The number of hydrogen-bond acceptors (Lipinski definition) is 5. The van der Waals surface area contributed by atoms with Crippen LogP contribution < -0.4 is 4.90 Å². The number of amides is 3. The molecule has 6 nitrogen and oxygen atoms in total. The van der Waals surface area contributed by atoms with Crippen LogP contribution in [0.2, 0.25) is 0 Å². The average Bonchev–Trinajstić information content (AvgIpc) is 3.47. The van der Waals surface area contributed by atoms with E-state index in [0.717, 1.165) is 35.5 Å². The van der Waals surface area contributed by atoms with Gasteiger partial charge in [-0.2, -0.15) is 0 Å². The fourth-order valence-corrected chi connectivity index (χ4v) is 5.62. The monoisotopic (exact) mass is 473 g/mol. The van der Waals surface area contributed by atoms with Gasteiger partial charge in [0.25, 0.3) is 11.8 Å². The molecule has 1 atom stereocenters. The molecule has 3 aromatic rings. The summed E-state index contributed by atoms with van der Waals surface area (Å²) in [4.78, 5) is 45.8. The fraction of sp³-hybridized carbons (Fsp3) is 0.296. The van der Waals surface area contributed by atoms with Gasteiger partial charge < -0.3 is 9.80 Å². The van der Waals surface area contributed by atoms with Gasteiger partial charge in [0, 0.05) is 31.6 Å². The van der Waals surface area contributed by atoms with Crippen LogP contribution in [0.25, 0.3) is 0 Å². The number of rotatable bonds is 6. The maximum absolute atomic E-state index is 13.3. The second-order valence-corrected chi connectivity index (χ2v) is 9.97. The molecule has 0 saturated carbocycles. The Kier molecular flexibility index (Phi) is 6.20. The molecule has 0 bridgehead atoms. The number of anilines is 1. The van der Waals surface area contributed by atoms with Crippen molar-refractivity contribution in [1.82, 2.24) is 9.80 Å². The zero-order valence-electron chi connectivity index (χ0n) is 19.1. The van der Waals surface area contributed by atoms with Crippen molar-refractivity contribution in [3.63, 3.8) is 0 Å². The Labute approximate surface area is 203 Å². The molecule has 1 fully saturated rings. The Morgan fingerprint density at radius 3 is 2.62 bits per heavy atom. The third-order valence-corrected chi connectivity index (χ3v) is 7.48. The lowest BCUT2D eigenvalue weighted by atomic mass is 9.94. The Morgan fingerprint density at radius 1 is 1.03 bits per heavy atom. The topological polar surface area (TPSA) is 60.9 Å². The molecule has 0 radical (unpaired) electrons.